The highest BCUT2D eigenvalue weighted by Crippen LogP contribution is 2.43. The van der Waals surface area contributed by atoms with Gasteiger partial charge in [0.15, 0.2) is 6.61 Å². The summed E-state index contributed by atoms with van der Waals surface area (Å²) in [5.41, 5.74) is -0.739. The largest absolute Gasteiger partial charge is 0.449 e. The van der Waals surface area contributed by atoms with Crippen LogP contribution in [-0.2, 0) is 24.7 Å². The van der Waals surface area contributed by atoms with Gasteiger partial charge < -0.3 is 9.47 Å². The summed E-state index contributed by atoms with van der Waals surface area (Å²) in [4.78, 5) is 27.6. The van der Waals surface area contributed by atoms with E-state index in [0.717, 1.165) is 45.2 Å². The van der Waals surface area contributed by atoms with Gasteiger partial charge in [-0.3, -0.25) is 9.69 Å². The van der Waals surface area contributed by atoms with Crippen molar-refractivity contribution in [3.8, 4) is 11.8 Å². The molecule has 1 unspecified atom stereocenters. The van der Waals surface area contributed by atoms with Crippen molar-refractivity contribution in [2.45, 2.75) is 58.5 Å². The number of hydrogen-bond acceptors (Lipinski definition) is 5. The minimum atomic E-state index is -1.41. The molecule has 1 aromatic rings. The third kappa shape index (κ3) is 6.08. The lowest BCUT2D eigenvalue weighted by atomic mass is 9.73. The number of carbonyl (C=O) groups excluding carboxylic acids is 2. The molecule has 0 spiro atoms. The van der Waals surface area contributed by atoms with Crippen LogP contribution in [0.15, 0.2) is 30.3 Å². The molecule has 2 rings (SSSR count). The van der Waals surface area contributed by atoms with Crippen molar-refractivity contribution < 1.29 is 19.1 Å². The molecule has 1 atom stereocenters. The molecule has 0 radical (unpaired) electrons. The maximum atomic E-state index is 13.3. The average Bonchev–Trinajstić information content (AvgIpc) is 2.75. The molecule has 0 heterocycles. The van der Waals surface area contributed by atoms with E-state index in [9.17, 15) is 9.59 Å². The van der Waals surface area contributed by atoms with Gasteiger partial charge in [0.1, 0.15) is 0 Å². The molecule has 0 aliphatic heterocycles. The SMILES string of the molecule is CCN(CC)CC#CCOC(=O)C(OC(C)=O)(c1ccccc1)C1CCCCC1. The average molecular weight is 400 g/mol. The van der Waals surface area contributed by atoms with E-state index in [-0.39, 0.29) is 12.5 Å². The number of benzene rings is 1. The Labute approximate surface area is 174 Å². The maximum absolute atomic E-state index is 13.3. The molecule has 1 saturated carbocycles. The van der Waals surface area contributed by atoms with Gasteiger partial charge in [0, 0.05) is 18.4 Å². The summed E-state index contributed by atoms with van der Waals surface area (Å²) in [5.74, 6) is 4.86. The molecule has 1 aromatic carbocycles. The molecule has 0 amide bonds. The van der Waals surface area contributed by atoms with Crippen molar-refractivity contribution in [3.63, 3.8) is 0 Å². The molecule has 158 valence electrons. The lowest BCUT2D eigenvalue weighted by Crippen LogP contribution is -2.48. The normalized spacial score (nSPS) is 16.4. The maximum Gasteiger partial charge on any atom is 0.356 e. The van der Waals surface area contributed by atoms with E-state index >= 15 is 0 Å². The van der Waals surface area contributed by atoms with Gasteiger partial charge in [-0.2, -0.15) is 0 Å². The first-order valence-corrected chi connectivity index (χ1v) is 10.6. The monoisotopic (exact) mass is 399 g/mol. The second-order valence-electron chi connectivity index (χ2n) is 7.42. The van der Waals surface area contributed by atoms with Crippen LogP contribution in [0.3, 0.4) is 0 Å². The molecule has 0 bridgehead atoms. The molecule has 1 fully saturated rings. The Balaban J connectivity index is 2.24. The Morgan fingerprint density at radius 1 is 1.07 bits per heavy atom. The van der Waals surface area contributed by atoms with Crippen molar-refractivity contribution in [2.24, 2.45) is 5.92 Å². The summed E-state index contributed by atoms with van der Waals surface area (Å²) in [6, 6.07) is 9.27. The zero-order valence-electron chi connectivity index (χ0n) is 17.9. The summed E-state index contributed by atoms with van der Waals surface area (Å²) in [6.45, 7) is 8.00. The predicted molar refractivity (Wildman–Crippen MR) is 113 cm³/mol. The lowest BCUT2D eigenvalue weighted by molar-refractivity contribution is -0.192. The zero-order chi connectivity index (χ0) is 21.1. The Morgan fingerprint density at radius 2 is 1.72 bits per heavy atom. The highest BCUT2D eigenvalue weighted by Gasteiger charge is 2.52. The Kier molecular flexibility index (Phi) is 9.21. The molecule has 29 heavy (non-hydrogen) atoms. The molecule has 5 nitrogen and oxygen atoms in total. The van der Waals surface area contributed by atoms with Crippen LogP contribution in [0.4, 0.5) is 0 Å². The minimum absolute atomic E-state index is 0.0112. The fourth-order valence-electron chi connectivity index (χ4n) is 4.00. The Morgan fingerprint density at radius 3 is 2.31 bits per heavy atom. The van der Waals surface area contributed by atoms with Crippen LogP contribution in [0.1, 0.15) is 58.4 Å². The smallest absolute Gasteiger partial charge is 0.356 e. The molecule has 0 aromatic heterocycles. The summed E-state index contributed by atoms with van der Waals surface area (Å²) in [5, 5.41) is 0. The van der Waals surface area contributed by atoms with Crippen LogP contribution in [0.25, 0.3) is 0 Å². The number of nitrogens with zero attached hydrogens (tertiary/aromatic N) is 1. The third-order valence-corrected chi connectivity index (χ3v) is 5.59. The van der Waals surface area contributed by atoms with Crippen molar-refractivity contribution in [2.75, 3.05) is 26.2 Å². The van der Waals surface area contributed by atoms with Crippen LogP contribution in [0.2, 0.25) is 0 Å². The molecule has 0 N–H and O–H groups in total. The van der Waals surface area contributed by atoms with E-state index in [1.165, 1.54) is 6.92 Å². The van der Waals surface area contributed by atoms with Gasteiger partial charge in [-0.1, -0.05) is 75.3 Å². The Hall–Kier alpha value is -2.32. The van der Waals surface area contributed by atoms with Crippen molar-refractivity contribution >= 4 is 11.9 Å². The topological polar surface area (TPSA) is 55.8 Å². The van der Waals surface area contributed by atoms with Gasteiger partial charge in [0.25, 0.3) is 0 Å². The highest BCUT2D eigenvalue weighted by atomic mass is 16.6. The number of hydrogen-bond donors (Lipinski definition) is 0. The first-order valence-electron chi connectivity index (χ1n) is 10.6. The number of ether oxygens (including phenoxy) is 2. The number of carbonyl (C=O) groups is 2. The Bertz CT molecular complexity index is 711. The van der Waals surface area contributed by atoms with Gasteiger partial charge >= 0.3 is 11.9 Å². The zero-order valence-corrected chi connectivity index (χ0v) is 17.9. The van der Waals surface area contributed by atoms with Gasteiger partial charge in [0.2, 0.25) is 5.60 Å². The third-order valence-electron chi connectivity index (χ3n) is 5.59. The molecule has 1 aliphatic carbocycles. The summed E-state index contributed by atoms with van der Waals surface area (Å²) in [6.07, 6.45) is 4.80. The number of esters is 2. The van der Waals surface area contributed by atoms with Crippen molar-refractivity contribution in [1.29, 1.82) is 0 Å². The van der Waals surface area contributed by atoms with Crippen LogP contribution >= 0.6 is 0 Å². The lowest BCUT2D eigenvalue weighted by Gasteiger charge is -2.39. The molecular formula is C24H33NO4. The van der Waals surface area contributed by atoms with Gasteiger partial charge in [-0.25, -0.2) is 4.79 Å². The van der Waals surface area contributed by atoms with Gasteiger partial charge in [-0.05, 0) is 25.9 Å². The molecule has 5 heteroatoms. The molecule has 0 saturated heterocycles. The number of rotatable bonds is 8. The van der Waals surface area contributed by atoms with E-state index in [1.54, 1.807) is 0 Å². The quantitative estimate of drug-likeness (QED) is 0.490. The van der Waals surface area contributed by atoms with E-state index in [2.05, 4.69) is 30.6 Å². The van der Waals surface area contributed by atoms with Crippen molar-refractivity contribution in [1.82, 2.24) is 4.90 Å². The van der Waals surface area contributed by atoms with Crippen LogP contribution in [0, 0.1) is 17.8 Å². The van der Waals surface area contributed by atoms with Crippen molar-refractivity contribution in [3.05, 3.63) is 35.9 Å². The first kappa shape index (κ1) is 23.0. The van der Waals surface area contributed by atoms with E-state index < -0.39 is 17.5 Å². The van der Waals surface area contributed by atoms with Gasteiger partial charge in [-0.15, -0.1) is 0 Å². The van der Waals surface area contributed by atoms with Crippen LogP contribution < -0.4 is 0 Å². The second kappa shape index (κ2) is 11.6. The summed E-state index contributed by atoms with van der Waals surface area (Å²) < 4.78 is 11.3. The summed E-state index contributed by atoms with van der Waals surface area (Å²) in [7, 11) is 0. The highest BCUT2D eigenvalue weighted by molar-refractivity contribution is 5.85. The minimum Gasteiger partial charge on any atom is -0.449 e. The van der Waals surface area contributed by atoms with Crippen LogP contribution in [0.5, 0.6) is 0 Å². The van der Waals surface area contributed by atoms with Crippen LogP contribution in [-0.4, -0.2) is 43.1 Å². The standard InChI is InChI=1S/C24H33NO4/c1-4-25(5-2)18-12-13-19-28-23(27)24(29-20(3)26,21-14-8-6-9-15-21)22-16-10-7-11-17-22/h6,8-9,14-15,22H,4-5,7,10-11,16-19H2,1-3H3. The second-order valence-corrected chi connectivity index (χ2v) is 7.42. The first-order chi connectivity index (χ1) is 14.0. The fourth-order valence-corrected chi connectivity index (χ4v) is 4.00. The van der Waals surface area contributed by atoms with Gasteiger partial charge in [0.05, 0.1) is 6.54 Å². The molecule has 1 aliphatic rings. The predicted octanol–water partition coefficient (Wildman–Crippen LogP) is 3.91. The van der Waals surface area contributed by atoms with E-state index in [4.69, 9.17) is 9.47 Å². The fraction of sp³-hybridized carbons (Fsp3) is 0.583. The van der Waals surface area contributed by atoms with E-state index in [0.29, 0.717) is 12.1 Å². The van der Waals surface area contributed by atoms with E-state index in [1.807, 2.05) is 30.3 Å². The summed E-state index contributed by atoms with van der Waals surface area (Å²) >= 11 is 0. The molecular weight excluding hydrogens is 366 g/mol.